The van der Waals surface area contributed by atoms with Crippen molar-refractivity contribution >= 4 is 22.5 Å². The Morgan fingerprint density at radius 3 is 2.00 bits per heavy atom. The second-order valence-corrected chi connectivity index (χ2v) is 7.04. The predicted molar refractivity (Wildman–Crippen MR) is 122 cm³/mol. The highest BCUT2D eigenvalue weighted by atomic mass is 32.2. The van der Waals surface area contributed by atoms with Crippen LogP contribution in [0.5, 0.6) is 17.2 Å². The Bertz CT molecular complexity index is 938. The van der Waals surface area contributed by atoms with Gasteiger partial charge in [-0.25, -0.2) is 4.99 Å². The average Bonchev–Trinajstić information content (AvgIpc) is 2.75. The van der Waals surface area contributed by atoms with E-state index in [1.54, 1.807) is 43.1 Å². The van der Waals surface area contributed by atoms with Gasteiger partial charge in [-0.3, -0.25) is 0 Å². The van der Waals surface area contributed by atoms with Crippen LogP contribution in [0.15, 0.2) is 101 Å². The van der Waals surface area contributed by atoms with E-state index in [0.717, 1.165) is 26.9 Å². The van der Waals surface area contributed by atoms with E-state index in [-0.39, 0.29) is 5.75 Å². The highest BCUT2D eigenvalue weighted by Gasteiger charge is 2.04. The number of nitrogens with zero attached hydrogens (tertiary/aromatic N) is 1. The first-order valence-electron chi connectivity index (χ1n) is 8.97. The number of phenols is 1. The zero-order valence-electron chi connectivity index (χ0n) is 16.8. The fraction of sp³-hybridized carbons (Fsp3) is 0.125. The Labute approximate surface area is 176 Å². The number of hydrogen-bond acceptors (Lipinski definition) is 5. The summed E-state index contributed by atoms with van der Waals surface area (Å²) in [4.78, 5) is 5.81. The van der Waals surface area contributed by atoms with Crippen LogP contribution in [-0.4, -0.2) is 24.4 Å². The molecule has 1 N–H and O–H groups in total. The lowest BCUT2D eigenvalue weighted by Gasteiger charge is -2.06. The van der Waals surface area contributed by atoms with Gasteiger partial charge in [0.15, 0.2) is 11.5 Å². The van der Waals surface area contributed by atoms with Crippen LogP contribution in [0, 0.1) is 0 Å². The molecule has 0 atom stereocenters. The molecule has 3 rings (SSSR count). The van der Waals surface area contributed by atoms with E-state index in [0.29, 0.717) is 5.75 Å². The molecule has 150 valence electrons. The molecule has 4 nitrogen and oxygen atoms in total. The minimum absolute atomic E-state index is 0.181. The molecular weight excluding hydrogens is 382 g/mol. The van der Waals surface area contributed by atoms with Crippen LogP contribution < -0.4 is 9.47 Å². The smallest absolute Gasteiger partial charge is 0.160 e. The van der Waals surface area contributed by atoms with Crippen LogP contribution in [0.2, 0.25) is 0 Å². The van der Waals surface area contributed by atoms with Crippen molar-refractivity contribution < 1.29 is 14.6 Å². The molecule has 0 spiro atoms. The van der Waals surface area contributed by atoms with E-state index in [1.165, 1.54) is 7.11 Å². The number of ether oxygens (including phenoxy) is 2. The van der Waals surface area contributed by atoms with Crippen molar-refractivity contribution in [1.82, 2.24) is 0 Å². The summed E-state index contributed by atoms with van der Waals surface area (Å²) >= 11 is 1.62. The lowest BCUT2D eigenvalue weighted by molar-refractivity contribution is 0.373. The molecule has 0 aliphatic heterocycles. The maximum absolute atomic E-state index is 8.99. The van der Waals surface area contributed by atoms with Gasteiger partial charge in [0.1, 0.15) is 10.8 Å². The van der Waals surface area contributed by atoms with Crippen molar-refractivity contribution in [3.05, 3.63) is 91.0 Å². The summed E-state index contributed by atoms with van der Waals surface area (Å²) in [5.74, 6) is 1.52. The van der Waals surface area contributed by atoms with E-state index in [9.17, 15) is 0 Å². The number of para-hydroxylation sites is 2. The van der Waals surface area contributed by atoms with Gasteiger partial charge in [-0.1, -0.05) is 48.7 Å². The van der Waals surface area contributed by atoms with Gasteiger partial charge >= 0.3 is 0 Å². The fourth-order valence-electron chi connectivity index (χ4n) is 2.21. The maximum Gasteiger partial charge on any atom is 0.160 e. The molecular formula is C24H25NO3S. The first-order valence-corrected chi connectivity index (χ1v) is 9.78. The molecule has 0 aromatic heterocycles. The Hall–Kier alpha value is -3.18. The van der Waals surface area contributed by atoms with Crippen LogP contribution in [0.4, 0.5) is 5.69 Å². The van der Waals surface area contributed by atoms with Gasteiger partial charge in [0.2, 0.25) is 0 Å². The maximum atomic E-state index is 8.99. The fourth-order valence-corrected chi connectivity index (χ4v) is 3.05. The number of benzene rings is 3. The molecule has 0 saturated carbocycles. The third-order valence-corrected chi connectivity index (χ3v) is 4.85. The number of aliphatic imine (C=N–C) groups is 1. The van der Waals surface area contributed by atoms with E-state index in [2.05, 4.69) is 23.7 Å². The summed E-state index contributed by atoms with van der Waals surface area (Å²) < 4.78 is 9.94. The van der Waals surface area contributed by atoms with E-state index >= 15 is 0 Å². The number of methoxy groups -OCH3 is 2. The van der Waals surface area contributed by atoms with Gasteiger partial charge in [-0.05, 0) is 61.0 Å². The lowest BCUT2D eigenvalue weighted by atomic mass is 10.3. The Morgan fingerprint density at radius 1 is 0.862 bits per heavy atom. The van der Waals surface area contributed by atoms with Crippen LogP contribution in [-0.2, 0) is 0 Å². The lowest BCUT2D eigenvalue weighted by Crippen LogP contribution is -1.92. The zero-order valence-corrected chi connectivity index (χ0v) is 17.6. The minimum Gasteiger partial charge on any atom is -0.504 e. The summed E-state index contributed by atoms with van der Waals surface area (Å²) in [7, 11) is 3.18. The van der Waals surface area contributed by atoms with Crippen molar-refractivity contribution in [2.45, 2.75) is 11.8 Å². The monoisotopic (exact) mass is 407 g/mol. The average molecular weight is 408 g/mol. The second kappa shape index (κ2) is 11.6. The summed E-state index contributed by atoms with van der Waals surface area (Å²) in [5.41, 5.74) is 1.85. The highest BCUT2D eigenvalue weighted by Crippen LogP contribution is 2.26. The van der Waals surface area contributed by atoms with Gasteiger partial charge in [-0.2, -0.15) is 0 Å². The van der Waals surface area contributed by atoms with Gasteiger partial charge in [0.05, 0.1) is 19.9 Å². The molecule has 0 amide bonds. The van der Waals surface area contributed by atoms with Crippen molar-refractivity contribution in [2.75, 3.05) is 14.2 Å². The molecule has 0 aliphatic rings. The summed E-state index contributed by atoms with van der Waals surface area (Å²) in [6, 6.07) is 24.7. The van der Waals surface area contributed by atoms with Gasteiger partial charge in [0, 0.05) is 4.90 Å². The SMILES string of the molecule is C=C(C)C(=Nc1ccc(OC)cc1)Sc1ccccc1.COc1ccccc1O. The quantitative estimate of drug-likeness (QED) is 0.298. The largest absolute Gasteiger partial charge is 0.504 e. The van der Waals surface area contributed by atoms with Crippen molar-refractivity contribution in [3.8, 4) is 17.2 Å². The highest BCUT2D eigenvalue weighted by molar-refractivity contribution is 8.14. The van der Waals surface area contributed by atoms with Crippen molar-refractivity contribution in [1.29, 1.82) is 0 Å². The van der Waals surface area contributed by atoms with Crippen LogP contribution >= 0.6 is 11.8 Å². The second-order valence-electron chi connectivity index (χ2n) is 5.98. The summed E-state index contributed by atoms with van der Waals surface area (Å²) in [6.07, 6.45) is 0. The van der Waals surface area contributed by atoms with Crippen LogP contribution in [0.3, 0.4) is 0 Å². The van der Waals surface area contributed by atoms with Crippen LogP contribution in [0.1, 0.15) is 6.92 Å². The normalized spacial score (nSPS) is 10.5. The first-order chi connectivity index (χ1) is 14.0. The topological polar surface area (TPSA) is 51.0 Å². The molecule has 0 fully saturated rings. The van der Waals surface area contributed by atoms with Gasteiger partial charge in [-0.15, -0.1) is 0 Å². The molecule has 3 aromatic rings. The molecule has 0 bridgehead atoms. The number of hydrogen-bond donors (Lipinski definition) is 1. The predicted octanol–water partition coefficient (Wildman–Crippen LogP) is 6.49. The van der Waals surface area contributed by atoms with Crippen molar-refractivity contribution in [2.24, 2.45) is 4.99 Å². The molecule has 5 heteroatoms. The molecule has 0 unspecified atom stereocenters. The summed E-state index contributed by atoms with van der Waals surface area (Å²) in [5, 5.41) is 9.90. The number of rotatable bonds is 5. The minimum atomic E-state index is 0.181. The van der Waals surface area contributed by atoms with Gasteiger partial charge < -0.3 is 14.6 Å². The van der Waals surface area contributed by atoms with E-state index in [4.69, 9.17) is 14.6 Å². The van der Waals surface area contributed by atoms with E-state index < -0.39 is 0 Å². The molecule has 0 saturated heterocycles. The summed E-state index contributed by atoms with van der Waals surface area (Å²) in [6.45, 7) is 5.98. The van der Waals surface area contributed by atoms with Gasteiger partial charge in [0.25, 0.3) is 0 Å². The first kappa shape index (κ1) is 22.1. The molecule has 0 radical (unpaired) electrons. The van der Waals surface area contributed by atoms with Crippen molar-refractivity contribution in [3.63, 3.8) is 0 Å². The van der Waals surface area contributed by atoms with Crippen LogP contribution in [0.25, 0.3) is 0 Å². The Kier molecular flexibility index (Phi) is 8.86. The molecule has 3 aromatic carbocycles. The molecule has 0 aliphatic carbocycles. The zero-order chi connectivity index (χ0) is 21.1. The number of thioether (sulfide) groups is 1. The molecule has 0 heterocycles. The number of aromatic hydroxyl groups is 1. The third-order valence-electron chi connectivity index (χ3n) is 3.71. The number of phenolic OH excluding ortho intramolecular Hbond substituents is 1. The third kappa shape index (κ3) is 7.39. The Morgan fingerprint density at radius 2 is 1.48 bits per heavy atom. The standard InChI is InChI=1S/C17H17NOS.C7H8O2/c1-13(2)17(20-16-7-5-4-6-8-16)18-14-9-11-15(19-3)12-10-14;1-9-7-5-3-2-4-6(7)8/h4-12H,1H2,2-3H3;2-5,8H,1H3. The Balaban J connectivity index is 0.000000278. The van der Waals surface area contributed by atoms with E-state index in [1.807, 2.05) is 49.4 Å². The molecule has 29 heavy (non-hydrogen) atoms.